The van der Waals surface area contributed by atoms with Crippen LogP contribution < -0.4 is 10.6 Å². The van der Waals surface area contributed by atoms with Crippen molar-refractivity contribution in [3.05, 3.63) is 0 Å². The molecular weight excluding hydrogens is 444 g/mol. The molecular formula is C24H36N2O8. The summed E-state index contributed by atoms with van der Waals surface area (Å²) < 4.78 is 20.5. The number of carbonyl (C=O) groups is 4. The Morgan fingerprint density at radius 3 is 1.26 bits per heavy atom. The molecule has 190 valence electrons. The summed E-state index contributed by atoms with van der Waals surface area (Å²) in [4.78, 5) is 48.7. The van der Waals surface area contributed by atoms with Crippen molar-refractivity contribution in [2.75, 3.05) is 13.2 Å². The standard InChI is InChI=1S/C24H36N2O8/c1-9-11-13-17(25-21(29)33-23(3,4)5)19(27)31-15-16-32-20(28)18(14-12-10-2)26-22(30)34-24(6,7)8/h17-18H,13-16H2,1-8H3,(H,25,29)(H,26,30)/t17-,18-/m0/s1. The van der Waals surface area contributed by atoms with Crippen LogP contribution in [0.1, 0.15) is 68.2 Å². The number of esters is 2. The van der Waals surface area contributed by atoms with Crippen LogP contribution in [0.15, 0.2) is 0 Å². The van der Waals surface area contributed by atoms with Crippen LogP contribution in [0.2, 0.25) is 0 Å². The Balaban J connectivity index is 4.82. The molecule has 34 heavy (non-hydrogen) atoms. The quantitative estimate of drug-likeness (QED) is 0.223. The minimum atomic E-state index is -1.06. The van der Waals surface area contributed by atoms with Crippen LogP contribution in [-0.4, -0.2) is 60.6 Å². The number of carbonyl (C=O) groups excluding carboxylic acids is 4. The molecule has 2 atom stereocenters. The van der Waals surface area contributed by atoms with Gasteiger partial charge in [0.25, 0.3) is 0 Å². The maximum Gasteiger partial charge on any atom is 0.408 e. The maximum atomic E-state index is 12.4. The van der Waals surface area contributed by atoms with Gasteiger partial charge in [-0.25, -0.2) is 19.2 Å². The van der Waals surface area contributed by atoms with Crippen LogP contribution in [0, 0.1) is 23.7 Å². The average molecular weight is 481 g/mol. The highest BCUT2D eigenvalue weighted by atomic mass is 16.6. The number of hydrogen-bond donors (Lipinski definition) is 2. The van der Waals surface area contributed by atoms with Crippen molar-refractivity contribution >= 4 is 24.1 Å². The lowest BCUT2D eigenvalue weighted by atomic mass is 10.2. The van der Waals surface area contributed by atoms with E-state index in [4.69, 9.17) is 18.9 Å². The van der Waals surface area contributed by atoms with E-state index in [0.717, 1.165) is 0 Å². The predicted molar refractivity (Wildman–Crippen MR) is 124 cm³/mol. The number of hydrogen-bond acceptors (Lipinski definition) is 8. The Kier molecular flexibility index (Phi) is 13.2. The second kappa shape index (κ2) is 14.7. The topological polar surface area (TPSA) is 129 Å². The van der Waals surface area contributed by atoms with Crippen LogP contribution in [0.5, 0.6) is 0 Å². The van der Waals surface area contributed by atoms with Gasteiger partial charge in [0.1, 0.15) is 36.5 Å². The van der Waals surface area contributed by atoms with Crippen LogP contribution in [0.4, 0.5) is 9.59 Å². The first kappa shape index (κ1) is 30.6. The molecule has 2 N–H and O–H groups in total. The first-order chi connectivity index (χ1) is 15.7. The molecule has 0 bridgehead atoms. The van der Waals surface area contributed by atoms with Gasteiger partial charge in [0, 0.05) is 12.8 Å². The molecule has 0 fully saturated rings. The lowest BCUT2D eigenvalue weighted by Gasteiger charge is -2.22. The van der Waals surface area contributed by atoms with Crippen LogP contribution >= 0.6 is 0 Å². The van der Waals surface area contributed by atoms with E-state index < -0.39 is 47.4 Å². The fourth-order valence-electron chi connectivity index (χ4n) is 2.18. The third-order valence-corrected chi connectivity index (χ3v) is 3.49. The van der Waals surface area contributed by atoms with Crippen molar-refractivity contribution in [1.29, 1.82) is 0 Å². The van der Waals surface area contributed by atoms with E-state index in [1.807, 2.05) is 0 Å². The molecule has 0 aromatic rings. The molecule has 0 aliphatic rings. The lowest BCUT2D eigenvalue weighted by molar-refractivity contribution is -0.154. The highest BCUT2D eigenvalue weighted by Crippen LogP contribution is 2.09. The van der Waals surface area contributed by atoms with Gasteiger partial charge < -0.3 is 29.6 Å². The zero-order valence-corrected chi connectivity index (χ0v) is 21.2. The smallest absolute Gasteiger partial charge is 0.408 e. The van der Waals surface area contributed by atoms with E-state index in [9.17, 15) is 19.2 Å². The second-order valence-corrected chi connectivity index (χ2v) is 8.99. The van der Waals surface area contributed by atoms with Crippen LogP contribution in [-0.2, 0) is 28.5 Å². The number of amides is 2. The molecule has 0 saturated carbocycles. The van der Waals surface area contributed by atoms with Crippen LogP contribution in [0.25, 0.3) is 0 Å². The van der Waals surface area contributed by atoms with Crippen molar-refractivity contribution in [2.45, 2.75) is 91.5 Å². The SMILES string of the molecule is CC#CC[C@H](NC(=O)OC(C)(C)C)C(=O)OCCOC(=O)[C@H](CC#CC)NC(=O)OC(C)(C)C. The molecule has 0 aliphatic heterocycles. The summed E-state index contributed by atoms with van der Waals surface area (Å²) in [5.74, 6) is 9.17. The summed E-state index contributed by atoms with van der Waals surface area (Å²) in [5, 5.41) is 4.83. The molecule has 0 radical (unpaired) electrons. The predicted octanol–water partition coefficient (Wildman–Crippen LogP) is 2.69. The number of nitrogens with one attached hydrogen (secondary N) is 2. The maximum absolute atomic E-state index is 12.4. The van der Waals surface area contributed by atoms with Gasteiger partial charge in [-0.3, -0.25) is 0 Å². The van der Waals surface area contributed by atoms with E-state index in [1.165, 1.54) is 0 Å². The number of ether oxygens (including phenoxy) is 4. The zero-order chi connectivity index (χ0) is 26.4. The van der Waals surface area contributed by atoms with E-state index in [0.29, 0.717) is 0 Å². The molecule has 0 heterocycles. The van der Waals surface area contributed by atoms with Gasteiger partial charge in [-0.2, -0.15) is 0 Å². The highest BCUT2D eigenvalue weighted by Gasteiger charge is 2.27. The first-order valence-electron chi connectivity index (χ1n) is 10.8. The van der Waals surface area contributed by atoms with Crippen LogP contribution in [0.3, 0.4) is 0 Å². The highest BCUT2D eigenvalue weighted by molar-refractivity contribution is 5.82. The average Bonchev–Trinajstić information content (AvgIpc) is 2.68. The Morgan fingerprint density at radius 2 is 1.00 bits per heavy atom. The molecule has 10 heteroatoms. The van der Waals surface area contributed by atoms with Gasteiger partial charge in [0.15, 0.2) is 0 Å². The van der Waals surface area contributed by atoms with E-state index in [1.54, 1.807) is 55.4 Å². The van der Waals surface area contributed by atoms with Crippen molar-refractivity contribution in [3.63, 3.8) is 0 Å². The van der Waals surface area contributed by atoms with Crippen molar-refractivity contribution in [3.8, 4) is 23.7 Å². The Labute approximate surface area is 201 Å². The summed E-state index contributed by atoms with van der Waals surface area (Å²) in [7, 11) is 0. The third kappa shape index (κ3) is 15.4. The molecule has 0 saturated heterocycles. The van der Waals surface area contributed by atoms with Crippen molar-refractivity contribution in [1.82, 2.24) is 10.6 Å². The molecule has 0 unspecified atom stereocenters. The minimum Gasteiger partial charge on any atom is -0.461 e. The van der Waals surface area contributed by atoms with Gasteiger partial charge in [0.05, 0.1) is 0 Å². The third-order valence-electron chi connectivity index (χ3n) is 3.49. The fourth-order valence-corrected chi connectivity index (χ4v) is 2.18. The number of rotatable bonds is 9. The van der Waals surface area contributed by atoms with E-state index in [2.05, 4.69) is 34.3 Å². The fraction of sp³-hybridized carbons (Fsp3) is 0.667. The molecule has 0 spiro atoms. The summed E-state index contributed by atoms with van der Waals surface area (Å²) in [5.41, 5.74) is -1.48. The zero-order valence-electron chi connectivity index (χ0n) is 21.2. The Morgan fingerprint density at radius 1 is 0.676 bits per heavy atom. The molecule has 0 aromatic carbocycles. The molecule has 2 amide bonds. The van der Waals surface area contributed by atoms with Crippen molar-refractivity contribution < 1.29 is 38.1 Å². The summed E-state index contributed by atoms with van der Waals surface area (Å²) in [6.07, 6.45) is -1.53. The number of alkyl carbamates (subject to hydrolysis) is 2. The monoisotopic (exact) mass is 480 g/mol. The van der Waals surface area contributed by atoms with Gasteiger partial charge in [0.2, 0.25) is 0 Å². The Hall–Kier alpha value is -3.40. The molecule has 0 aromatic heterocycles. The molecule has 0 aliphatic carbocycles. The van der Waals surface area contributed by atoms with E-state index in [-0.39, 0.29) is 26.1 Å². The first-order valence-corrected chi connectivity index (χ1v) is 10.8. The minimum absolute atomic E-state index is 0.0198. The van der Waals surface area contributed by atoms with Gasteiger partial charge >= 0.3 is 24.1 Å². The van der Waals surface area contributed by atoms with Crippen molar-refractivity contribution in [2.24, 2.45) is 0 Å². The summed E-state index contributed by atoms with van der Waals surface area (Å²) in [6.45, 7) is 12.8. The molecule has 10 nitrogen and oxygen atoms in total. The largest absolute Gasteiger partial charge is 0.461 e. The van der Waals surface area contributed by atoms with E-state index >= 15 is 0 Å². The lowest BCUT2D eigenvalue weighted by Crippen LogP contribution is -2.45. The summed E-state index contributed by atoms with van der Waals surface area (Å²) >= 11 is 0. The second-order valence-electron chi connectivity index (χ2n) is 8.99. The Bertz CT molecular complexity index is 761. The van der Waals surface area contributed by atoms with Gasteiger partial charge in [-0.05, 0) is 55.4 Å². The van der Waals surface area contributed by atoms with Gasteiger partial charge in [-0.1, -0.05) is 0 Å². The normalized spacial score (nSPS) is 12.4. The van der Waals surface area contributed by atoms with Gasteiger partial charge in [-0.15, -0.1) is 23.7 Å². The molecule has 0 rings (SSSR count). The summed E-state index contributed by atoms with van der Waals surface area (Å²) in [6, 6.07) is -2.11.